The highest BCUT2D eigenvalue weighted by Gasteiger charge is 2.16. The Morgan fingerprint density at radius 1 is 1.20 bits per heavy atom. The van der Waals surface area contributed by atoms with Crippen molar-refractivity contribution >= 4 is 16.8 Å². The van der Waals surface area contributed by atoms with Crippen molar-refractivity contribution in [2.75, 3.05) is 0 Å². The number of hydrogen-bond donors (Lipinski definition) is 2. The number of aromatic amines is 1. The molecule has 0 aliphatic heterocycles. The van der Waals surface area contributed by atoms with E-state index >= 15 is 0 Å². The summed E-state index contributed by atoms with van der Waals surface area (Å²) in [5.41, 5.74) is 10.3. The van der Waals surface area contributed by atoms with Crippen LogP contribution in [0, 0.1) is 6.92 Å². The molecule has 7 heteroatoms. The van der Waals surface area contributed by atoms with Crippen molar-refractivity contribution in [3.8, 4) is 0 Å². The average molecular weight is 403 g/mol. The van der Waals surface area contributed by atoms with Gasteiger partial charge in [0, 0.05) is 46.3 Å². The van der Waals surface area contributed by atoms with Crippen LogP contribution < -0.4 is 11.3 Å². The van der Waals surface area contributed by atoms with Gasteiger partial charge < -0.3 is 15.3 Å². The summed E-state index contributed by atoms with van der Waals surface area (Å²) < 4.78 is 3.80. The van der Waals surface area contributed by atoms with E-state index < -0.39 is 5.91 Å². The zero-order valence-electron chi connectivity index (χ0n) is 17.3. The fourth-order valence-corrected chi connectivity index (χ4v) is 3.83. The average Bonchev–Trinajstić information content (AvgIpc) is 3.33. The van der Waals surface area contributed by atoms with Gasteiger partial charge in [-0.3, -0.25) is 14.3 Å². The molecule has 0 aliphatic rings. The van der Waals surface area contributed by atoms with Gasteiger partial charge in [-0.15, -0.1) is 0 Å². The number of carbonyl (C=O) groups is 1. The van der Waals surface area contributed by atoms with Crippen LogP contribution in [0.3, 0.4) is 0 Å². The van der Waals surface area contributed by atoms with Gasteiger partial charge in [-0.05, 0) is 54.3 Å². The summed E-state index contributed by atoms with van der Waals surface area (Å²) in [5.74, 6) is -0.207. The number of primary amides is 1. The highest BCUT2D eigenvalue weighted by Crippen LogP contribution is 2.27. The van der Waals surface area contributed by atoms with E-state index in [4.69, 9.17) is 5.73 Å². The number of amides is 1. The van der Waals surface area contributed by atoms with Gasteiger partial charge >= 0.3 is 0 Å². The second-order valence-corrected chi connectivity index (χ2v) is 7.95. The molecule has 0 saturated heterocycles. The monoisotopic (exact) mass is 403 g/mol. The number of nitrogens with one attached hydrogen (secondary N) is 1. The van der Waals surface area contributed by atoms with Gasteiger partial charge in [0.15, 0.2) is 0 Å². The first-order valence-electron chi connectivity index (χ1n) is 9.95. The van der Waals surface area contributed by atoms with Crippen LogP contribution >= 0.6 is 0 Å². The van der Waals surface area contributed by atoms with E-state index in [1.807, 2.05) is 48.1 Å². The summed E-state index contributed by atoms with van der Waals surface area (Å²) in [5, 5.41) is 5.06. The Balaban J connectivity index is 1.83. The zero-order valence-corrected chi connectivity index (χ0v) is 17.3. The molecule has 1 aromatic carbocycles. The minimum atomic E-state index is -0.451. The van der Waals surface area contributed by atoms with Crippen molar-refractivity contribution in [3.05, 3.63) is 87.2 Å². The normalized spacial score (nSPS) is 11.5. The van der Waals surface area contributed by atoms with E-state index in [0.29, 0.717) is 24.2 Å². The van der Waals surface area contributed by atoms with Gasteiger partial charge in [0.25, 0.3) is 5.56 Å². The van der Waals surface area contributed by atoms with Crippen LogP contribution in [0.2, 0.25) is 0 Å². The maximum atomic E-state index is 12.8. The van der Waals surface area contributed by atoms with Crippen LogP contribution in [0.1, 0.15) is 52.5 Å². The summed E-state index contributed by atoms with van der Waals surface area (Å²) in [6, 6.07) is 9.66. The van der Waals surface area contributed by atoms with E-state index in [-0.39, 0.29) is 11.5 Å². The number of H-pyrrole nitrogens is 1. The number of aromatic nitrogens is 4. The number of benzene rings is 1. The Morgan fingerprint density at radius 3 is 2.67 bits per heavy atom. The van der Waals surface area contributed by atoms with Crippen LogP contribution in [-0.4, -0.2) is 25.2 Å². The number of pyridine rings is 1. The molecule has 0 unspecified atom stereocenters. The van der Waals surface area contributed by atoms with Crippen molar-refractivity contribution in [2.45, 2.75) is 39.8 Å². The van der Waals surface area contributed by atoms with E-state index in [2.05, 4.69) is 30.0 Å². The lowest BCUT2D eigenvalue weighted by atomic mass is 9.98. The van der Waals surface area contributed by atoms with Crippen molar-refractivity contribution in [1.82, 2.24) is 19.3 Å². The molecule has 4 aromatic rings. The number of nitrogens with two attached hydrogens (primary N) is 1. The first-order valence-corrected chi connectivity index (χ1v) is 9.95. The number of fused-ring (bicyclic) bond motifs is 1. The molecule has 3 heterocycles. The van der Waals surface area contributed by atoms with E-state index in [0.717, 1.165) is 27.7 Å². The molecular weight excluding hydrogens is 378 g/mol. The molecule has 1 amide bonds. The quantitative estimate of drug-likeness (QED) is 0.517. The van der Waals surface area contributed by atoms with Gasteiger partial charge in [0.2, 0.25) is 5.91 Å². The maximum absolute atomic E-state index is 12.8. The lowest BCUT2D eigenvalue weighted by Crippen LogP contribution is -2.21. The van der Waals surface area contributed by atoms with Gasteiger partial charge in [0.05, 0.1) is 13.1 Å². The molecule has 0 atom stereocenters. The first-order chi connectivity index (χ1) is 14.3. The van der Waals surface area contributed by atoms with Crippen LogP contribution in [0.25, 0.3) is 10.9 Å². The molecular formula is C23H25N5O2. The molecule has 0 fully saturated rings. The standard InChI is InChI=1S/C23H25N5O2/c1-14(2)16-10-19(22(24)29)18-5-8-27(21(18)11-16)13-20-17(9-15(3)26-23(20)30)12-28-7-4-6-25-28/h4-11,14H,12-13H2,1-3H3,(H2,24,29)(H,26,30). The van der Waals surface area contributed by atoms with Crippen molar-refractivity contribution in [1.29, 1.82) is 0 Å². The minimum Gasteiger partial charge on any atom is -0.366 e. The molecule has 4 rings (SSSR count). The lowest BCUT2D eigenvalue weighted by Gasteiger charge is -2.14. The predicted molar refractivity (Wildman–Crippen MR) is 117 cm³/mol. The van der Waals surface area contributed by atoms with Crippen LogP contribution in [-0.2, 0) is 13.1 Å². The van der Waals surface area contributed by atoms with Crippen LogP contribution in [0.4, 0.5) is 0 Å². The first kappa shape index (κ1) is 19.7. The Hall–Kier alpha value is -3.61. The smallest absolute Gasteiger partial charge is 0.253 e. The molecule has 7 nitrogen and oxygen atoms in total. The Morgan fingerprint density at radius 2 is 2.00 bits per heavy atom. The molecule has 0 bridgehead atoms. The minimum absolute atomic E-state index is 0.117. The third kappa shape index (κ3) is 3.66. The number of hydrogen-bond acceptors (Lipinski definition) is 3. The van der Waals surface area contributed by atoms with E-state index in [9.17, 15) is 9.59 Å². The summed E-state index contributed by atoms with van der Waals surface area (Å²) in [6.45, 7) is 6.92. The number of carbonyl (C=O) groups excluding carboxylic acids is 1. The van der Waals surface area contributed by atoms with Crippen molar-refractivity contribution in [2.24, 2.45) is 5.73 Å². The van der Waals surface area contributed by atoms with Crippen LogP contribution in [0.15, 0.2) is 53.7 Å². The van der Waals surface area contributed by atoms with E-state index in [1.165, 1.54) is 0 Å². The molecule has 0 radical (unpaired) electrons. The zero-order chi connectivity index (χ0) is 21.4. The predicted octanol–water partition coefficient (Wildman–Crippen LogP) is 3.15. The lowest BCUT2D eigenvalue weighted by molar-refractivity contribution is 0.100. The fraction of sp³-hybridized carbons (Fsp3) is 0.261. The molecule has 0 aliphatic carbocycles. The number of nitrogens with zero attached hydrogens (tertiary/aromatic N) is 3. The summed E-state index contributed by atoms with van der Waals surface area (Å²) in [7, 11) is 0. The van der Waals surface area contributed by atoms with Gasteiger partial charge in [-0.25, -0.2) is 0 Å². The van der Waals surface area contributed by atoms with E-state index in [1.54, 1.807) is 10.9 Å². The Labute approximate surface area is 174 Å². The van der Waals surface area contributed by atoms with Gasteiger partial charge in [-0.2, -0.15) is 5.10 Å². The fourth-order valence-electron chi connectivity index (χ4n) is 3.83. The van der Waals surface area contributed by atoms with Gasteiger partial charge in [-0.1, -0.05) is 13.8 Å². The Kier molecular flexibility index (Phi) is 5.03. The maximum Gasteiger partial charge on any atom is 0.253 e. The number of aryl methyl sites for hydroxylation is 1. The van der Waals surface area contributed by atoms with Crippen molar-refractivity contribution < 1.29 is 4.79 Å². The molecule has 30 heavy (non-hydrogen) atoms. The highest BCUT2D eigenvalue weighted by molar-refractivity contribution is 6.06. The largest absolute Gasteiger partial charge is 0.366 e. The number of rotatable bonds is 6. The van der Waals surface area contributed by atoms with Crippen LogP contribution in [0.5, 0.6) is 0 Å². The molecule has 0 saturated carbocycles. The summed E-state index contributed by atoms with van der Waals surface area (Å²) >= 11 is 0. The SMILES string of the molecule is Cc1cc(Cn2cccn2)c(Cn2ccc3c(C(N)=O)cc(C(C)C)cc32)c(=O)[nH]1. The Bertz CT molecular complexity index is 1280. The second kappa shape index (κ2) is 7.67. The molecule has 154 valence electrons. The third-order valence-corrected chi connectivity index (χ3v) is 5.43. The second-order valence-electron chi connectivity index (χ2n) is 7.95. The van der Waals surface area contributed by atoms with Gasteiger partial charge in [0.1, 0.15) is 0 Å². The highest BCUT2D eigenvalue weighted by atomic mass is 16.1. The summed E-state index contributed by atoms with van der Waals surface area (Å²) in [4.78, 5) is 27.8. The third-order valence-electron chi connectivity index (χ3n) is 5.43. The van der Waals surface area contributed by atoms with Crippen molar-refractivity contribution in [3.63, 3.8) is 0 Å². The topological polar surface area (TPSA) is 98.7 Å². The molecule has 0 spiro atoms. The molecule has 3 N–H and O–H groups in total. The molecule has 3 aromatic heterocycles. The summed E-state index contributed by atoms with van der Waals surface area (Å²) in [6.07, 6.45) is 5.50.